The van der Waals surface area contributed by atoms with Crippen LogP contribution in [-0.2, 0) is 4.79 Å². The zero-order chi connectivity index (χ0) is 17.4. The van der Waals surface area contributed by atoms with Crippen molar-refractivity contribution in [2.75, 3.05) is 5.32 Å². The van der Waals surface area contributed by atoms with Gasteiger partial charge in [0, 0.05) is 10.7 Å². The third-order valence-electron chi connectivity index (χ3n) is 3.75. The van der Waals surface area contributed by atoms with Crippen molar-refractivity contribution in [1.82, 2.24) is 19.6 Å². The first-order chi connectivity index (χ1) is 12.1. The Kier molecular flexibility index (Phi) is 4.10. The summed E-state index contributed by atoms with van der Waals surface area (Å²) in [6, 6.07) is 14.9. The van der Waals surface area contributed by atoms with Crippen LogP contribution < -0.4 is 5.32 Å². The van der Waals surface area contributed by atoms with E-state index in [4.69, 9.17) is 11.6 Å². The number of aromatic nitrogens is 4. The molecule has 0 aliphatic carbocycles. The molecule has 126 valence electrons. The Bertz CT molecular complexity index is 1070. The highest BCUT2D eigenvalue weighted by Crippen LogP contribution is 2.26. The van der Waals surface area contributed by atoms with Crippen LogP contribution in [0.4, 0.5) is 5.69 Å². The number of carbonyl (C=O) groups is 1. The molecule has 25 heavy (non-hydrogen) atoms. The van der Waals surface area contributed by atoms with Crippen molar-refractivity contribution in [3.05, 3.63) is 53.6 Å². The van der Waals surface area contributed by atoms with Crippen LogP contribution >= 0.6 is 23.4 Å². The second-order valence-electron chi connectivity index (χ2n) is 5.53. The van der Waals surface area contributed by atoms with Crippen molar-refractivity contribution in [2.45, 2.75) is 17.3 Å². The van der Waals surface area contributed by atoms with Crippen LogP contribution in [0.2, 0.25) is 5.02 Å². The van der Waals surface area contributed by atoms with Crippen molar-refractivity contribution in [3.8, 4) is 0 Å². The average Bonchev–Trinajstić information content (AvgIpc) is 3.14. The van der Waals surface area contributed by atoms with Gasteiger partial charge in [-0.2, -0.15) is 0 Å². The number of carbonyl (C=O) groups excluding carboxylic acids is 1. The molecule has 2 aromatic heterocycles. The fourth-order valence-electron chi connectivity index (χ4n) is 2.54. The number of rotatable bonds is 4. The first-order valence-electron chi connectivity index (χ1n) is 7.66. The summed E-state index contributed by atoms with van der Waals surface area (Å²) in [7, 11) is 0. The van der Waals surface area contributed by atoms with Gasteiger partial charge in [0.2, 0.25) is 11.7 Å². The van der Waals surface area contributed by atoms with Crippen LogP contribution in [0.5, 0.6) is 0 Å². The number of thioether (sulfide) groups is 1. The molecule has 0 aliphatic heterocycles. The van der Waals surface area contributed by atoms with Crippen molar-refractivity contribution in [3.63, 3.8) is 0 Å². The Hall–Kier alpha value is -2.51. The lowest BCUT2D eigenvalue weighted by atomic mass is 10.3. The lowest BCUT2D eigenvalue weighted by molar-refractivity contribution is -0.115. The number of benzene rings is 2. The second kappa shape index (κ2) is 6.42. The van der Waals surface area contributed by atoms with Crippen LogP contribution in [0.25, 0.3) is 16.8 Å². The van der Waals surface area contributed by atoms with Crippen LogP contribution in [-0.4, -0.2) is 30.7 Å². The number of aromatic amines is 1. The number of nitrogens with zero attached hydrogens (tertiary/aromatic N) is 3. The highest BCUT2D eigenvalue weighted by Gasteiger charge is 2.19. The van der Waals surface area contributed by atoms with Crippen LogP contribution in [0.3, 0.4) is 0 Å². The standard InChI is InChI=1S/C17H14ClN5OS/c1-10(15(24)19-12-6-4-5-11(18)9-12)25-17-22-21-16-20-13-7-2-3-8-14(13)23(16)17/h2-10H,1H3,(H,19,24)(H,20,21)/t10-/m1/s1. The van der Waals surface area contributed by atoms with Gasteiger partial charge in [-0.3, -0.25) is 9.20 Å². The SMILES string of the molecule is C[C@@H](Sc1n[nH]c2nc3ccccc3n12)C(=O)Nc1cccc(Cl)c1. The van der Waals surface area contributed by atoms with E-state index in [1.807, 2.05) is 35.6 Å². The number of para-hydroxylation sites is 2. The third-order valence-corrected chi connectivity index (χ3v) is 5.03. The molecule has 0 bridgehead atoms. The van der Waals surface area contributed by atoms with E-state index in [1.165, 1.54) is 11.8 Å². The van der Waals surface area contributed by atoms with Crippen molar-refractivity contribution in [2.24, 2.45) is 0 Å². The first-order valence-corrected chi connectivity index (χ1v) is 8.92. The van der Waals surface area contributed by atoms with Gasteiger partial charge in [0.15, 0.2) is 5.16 Å². The summed E-state index contributed by atoms with van der Waals surface area (Å²) in [5.41, 5.74) is 2.51. The van der Waals surface area contributed by atoms with E-state index >= 15 is 0 Å². The van der Waals surface area contributed by atoms with Gasteiger partial charge in [-0.25, -0.2) is 10.1 Å². The zero-order valence-corrected chi connectivity index (χ0v) is 14.8. The number of imidazole rings is 1. The molecular formula is C17H14ClN5OS. The molecule has 0 radical (unpaired) electrons. The Morgan fingerprint density at radius 1 is 1.28 bits per heavy atom. The maximum atomic E-state index is 12.5. The normalized spacial score (nSPS) is 12.6. The zero-order valence-electron chi connectivity index (χ0n) is 13.2. The second-order valence-corrected chi connectivity index (χ2v) is 7.27. The minimum atomic E-state index is -0.341. The number of hydrogen-bond donors (Lipinski definition) is 2. The van der Waals surface area contributed by atoms with E-state index in [0.29, 0.717) is 21.6 Å². The summed E-state index contributed by atoms with van der Waals surface area (Å²) >= 11 is 7.32. The van der Waals surface area contributed by atoms with Crippen molar-refractivity contribution in [1.29, 1.82) is 0 Å². The highest BCUT2D eigenvalue weighted by atomic mass is 35.5. The predicted octanol–water partition coefficient (Wildman–Crippen LogP) is 3.98. The molecule has 2 N–H and O–H groups in total. The summed E-state index contributed by atoms with van der Waals surface area (Å²) in [5.74, 6) is 0.541. The molecule has 0 aliphatic rings. The quantitative estimate of drug-likeness (QED) is 0.532. The monoisotopic (exact) mass is 371 g/mol. The van der Waals surface area contributed by atoms with E-state index in [1.54, 1.807) is 24.3 Å². The van der Waals surface area contributed by atoms with E-state index in [-0.39, 0.29) is 11.2 Å². The number of halogens is 1. The molecule has 4 rings (SSSR count). The minimum Gasteiger partial charge on any atom is -0.325 e. The van der Waals surface area contributed by atoms with E-state index < -0.39 is 0 Å². The van der Waals surface area contributed by atoms with Gasteiger partial charge in [-0.1, -0.05) is 41.6 Å². The number of amides is 1. The van der Waals surface area contributed by atoms with E-state index in [9.17, 15) is 4.79 Å². The Morgan fingerprint density at radius 3 is 2.96 bits per heavy atom. The predicted molar refractivity (Wildman–Crippen MR) is 100 cm³/mol. The molecule has 4 aromatic rings. The Balaban J connectivity index is 1.57. The molecule has 1 amide bonds. The van der Waals surface area contributed by atoms with Gasteiger partial charge in [0.05, 0.1) is 16.3 Å². The van der Waals surface area contributed by atoms with Crippen molar-refractivity contribution >= 4 is 51.8 Å². The van der Waals surface area contributed by atoms with Crippen LogP contribution in [0.1, 0.15) is 6.92 Å². The molecule has 0 fully saturated rings. The van der Waals surface area contributed by atoms with Gasteiger partial charge >= 0.3 is 0 Å². The summed E-state index contributed by atoms with van der Waals surface area (Å²) < 4.78 is 1.92. The lowest BCUT2D eigenvalue weighted by Gasteiger charge is -2.11. The molecule has 1 atom stereocenters. The van der Waals surface area contributed by atoms with Gasteiger partial charge in [-0.15, -0.1) is 5.10 Å². The fourth-order valence-corrected chi connectivity index (χ4v) is 3.60. The first kappa shape index (κ1) is 16.0. The smallest absolute Gasteiger partial charge is 0.237 e. The molecule has 2 heterocycles. The number of hydrogen-bond acceptors (Lipinski definition) is 4. The largest absolute Gasteiger partial charge is 0.325 e. The molecule has 0 saturated carbocycles. The minimum absolute atomic E-state index is 0.118. The van der Waals surface area contributed by atoms with Crippen molar-refractivity contribution < 1.29 is 4.79 Å². The topological polar surface area (TPSA) is 75.1 Å². The van der Waals surface area contributed by atoms with Crippen LogP contribution in [0.15, 0.2) is 53.7 Å². The van der Waals surface area contributed by atoms with Crippen LogP contribution in [0, 0.1) is 0 Å². The average molecular weight is 372 g/mol. The molecule has 0 spiro atoms. The molecule has 0 saturated heterocycles. The summed E-state index contributed by atoms with van der Waals surface area (Å²) in [6.45, 7) is 1.84. The summed E-state index contributed by atoms with van der Waals surface area (Å²) in [6.07, 6.45) is 0. The number of fused-ring (bicyclic) bond motifs is 3. The maximum absolute atomic E-state index is 12.5. The molecule has 2 aromatic carbocycles. The van der Waals surface area contributed by atoms with E-state index in [2.05, 4.69) is 20.5 Å². The highest BCUT2D eigenvalue weighted by molar-refractivity contribution is 8.00. The molecule has 6 nitrogen and oxygen atoms in total. The lowest BCUT2D eigenvalue weighted by Crippen LogP contribution is -2.22. The Morgan fingerprint density at radius 2 is 2.12 bits per heavy atom. The fraction of sp³-hybridized carbons (Fsp3) is 0.118. The van der Waals surface area contributed by atoms with Gasteiger partial charge in [0.1, 0.15) is 0 Å². The third kappa shape index (κ3) is 3.08. The molecular weight excluding hydrogens is 358 g/mol. The number of anilines is 1. The number of H-pyrrole nitrogens is 1. The molecule has 0 unspecified atom stereocenters. The Labute approximate surface area is 152 Å². The van der Waals surface area contributed by atoms with Gasteiger partial charge in [0.25, 0.3) is 0 Å². The molecule has 8 heteroatoms. The van der Waals surface area contributed by atoms with E-state index in [0.717, 1.165) is 11.0 Å². The maximum Gasteiger partial charge on any atom is 0.237 e. The summed E-state index contributed by atoms with van der Waals surface area (Å²) in [4.78, 5) is 16.9. The van der Waals surface area contributed by atoms with Gasteiger partial charge in [-0.05, 0) is 37.3 Å². The summed E-state index contributed by atoms with van der Waals surface area (Å²) in [5, 5.41) is 11.0. The number of nitrogens with one attached hydrogen (secondary N) is 2. The van der Waals surface area contributed by atoms with Gasteiger partial charge < -0.3 is 5.32 Å².